The molecular formula is C11H9BrN4O4S. The van der Waals surface area contributed by atoms with Crippen LogP contribution in [0.1, 0.15) is 5.56 Å². The molecule has 8 nitrogen and oxygen atoms in total. The van der Waals surface area contributed by atoms with Crippen LogP contribution in [0.4, 0.5) is 11.5 Å². The van der Waals surface area contributed by atoms with Crippen molar-refractivity contribution in [2.24, 2.45) is 0 Å². The predicted octanol–water partition coefficient (Wildman–Crippen LogP) is 2.26. The molecule has 0 spiro atoms. The minimum Gasteiger partial charge on any atom is -0.358 e. The van der Waals surface area contributed by atoms with E-state index in [1.165, 1.54) is 6.20 Å². The average Bonchev–Trinajstić information content (AvgIpc) is 2.43. The van der Waals surface area contributed by atoms with Crippen LogP contribution in [0.15, 0.2) is 40.1 Å². The molecule has 0 radical (unpaired) electrons. The first-order chi connectivity index (χ1) is 9.79. The number of halogens is 1. The first-order valence-electron chi connectivity index (χ1n) is 5.55. The number of nitrogens with one attached hydrogen (secondary N) is 1. The zero-order valence-corrected chi connectivity index (χ0v) is 13.1. The molecule has 0 aromatic carbocycles. The molecule has 10 heteroatoms. The Morgan fingerprint density at radius 3 is 2.52 bits per heavy atom. The third-order valence-corrected chi connectivity index (χ3v) is 4.68. The standard InChI is InChI=1S/C11H9BrN4O4S/c1-7-4-8(5-14-11(7)12)15-21(19,20)9-2-3-10(13-6-9)16(17)18/h2-6,15H,1H3. The quantitative estimate of drug-likeness (QED) is 0.499. The van der Waals surface area contributed by atoms with Gasteiger partial charge in [-0.2, -0.15) is 0 Å². The Kier molecular flexibility index (Phi) is 4.19. The van der Waals surface area contributed by atoms with Gasteiger partial charge in [0.05, 0.1) is 11.9 Å². The minimum absolute atomic E-state index is 0.173. The summed E-state index contributed by atoms with van der Waals surface area (Å²) in [6.45, 7) is 1.77. The molecule has 2 aromatic heterocycles. The van der Waals surface area contributed by atoms with Gasteiger partial charge in [0.15, 0.2) is 6.20 Å². The Hall–Kier alpha value is -2.07. The van der Waals surface area contributed by atoms with Crippen molar-refractivity contribution >= 4 is 37.5 Å². The Balaban J connectivity index is 2.29. The maximum atomic E-state index is 12.1. The molecule has 21 heavy (non-hydrogen) atoms. The van der Waals surface area contributed by atoms with E-state index in [9.17, 15) is 18.5 Å². The highest BCUT2D eigenvalue weighted by Gasteiger charge is 2.18. The highest BCUT2D eigenvalue weighted by Crippen LogP contribution is 2.20. The van der Waals surface area contributed by atoms with E-state index in [1.54, 1.807) is 13.0 Å². The summed E-state index contributed by atoms with van der Waals surface area (Å²) in [5.74, 6) is -0.421. The van der Waals surface area contributed by atoms with Crippen LogP contribution in [0.2, 0.25) is 0 Å². The zero-order chi connectivity index (χ0) is 15.6. The van der Waals surface area contributed by atoms with Gasteiger partial charge in [-0.05, 0) is 50.5 Å². The van der Waals surface area contributed by atoms with Crippen molar-refractivity contribution < 1.29 is 13.3 Å². The SMILES string of the molecule is Cc1cc(NS(=O)(=O)c2ccc([N+](=O)[O-])nc2)cnc1Br. The smallest absolute Gasteiger partial charge is 0.358 e. The molecule has 0 aliphatic carbocycles. The summed E-state index contributed by atoms with van der Waals surface area (Å²) in [5, 5.41) is 10.5. The van der Waals surface area contributed by atoms with Crippen molar-refractivity contribution in [3.05, 3.63) is 50.9 Å². The van der Waals surface area contributed by atoms with Crippen LogP contribution in [-0.2, 0) is 10.0 Å². The van der Waals surface area contributed by atoms with Gasteiger partial charge < -0.3 is 10.1 Å². The first-order valence-corrected chi connectivity index (χ1v) is 7.82. The van der Waals surface area contributed by atoms with Crippen LogP contribution in [-0.4, -0.2) is 23.3 Å². The van der Waals surface area contributed by atoms with Crippen molar-refractivity contribution in [1.29, 1.82) is 0 Å². The fourth-order valence-electron chi connectivity index (χ4n) is 1.47. The van der Waals surface area contributed by atoms with E-state index in [0.717, 1.165) is 23.9 Å². The van der Waals surface area contributed by atoms with E-state index in [0.29, 0.717) is 4.60 Å². The first kappa shape index (κ1) is 15.3. The number of anilines is 1. The number of hydrogen-bond acceptors (Lipinski definition) is 6. The fraction of sp³-hybridized carbons (Fsp3) is 0.0909. The topological polar surface area (TPSA) is 115 Å². The lowest BCUT2D eigenvalue weighted by Gasteiger charge is -2.07. The number of pyridine rings is 2. The minimum atomic E-state index is -3.88. The molecule has 0 saturated heterocycles. The number of aromatic nitrogens is 2. The Bertz CT molecular complexity index is 792. The van der Waals surface area contributed by atoms with E-state index < -0.39 is 20.8 Å². The molecule has 2 heterocycles. The summed E-state index contributed by atoms with van der Waals surface area (Å²) in [6.07, 6.45) is 2.28. The number of sulfonamides is 1. The third kappa shape index (κ3) is 3.52. The lowest BCUT2D eigenvalue weighted by molar-refractivity contribution is -0.389. The summed E-state index contributed by atoms with van der Waals surface area (Å²) < 4.78 is 27.2. The van der Waals surface area contributed by atoms with Gasteiger partial charge in [0.25, 0.3) is 10.0 Å². The molecule has 0 saturated carbocycles. The number of aryl methyl sites for hydroxylation is 1. The van der Waals surface area contributed by atoms with Crippen LogP contribution in [0, 0.1) is 17.0 Å². The van der Waals surface area contributed by atoms with E-state index in [-0.39, 0.29) is 10.6 Å². The van der Waals surface area contributed by atoms with Crippen LogP contribution in [0.5, 0.6) is 0 Å². The van der Waals surface area contributed by atoms with Gasteiger partial charge in [0.2, 0.25) is 0 Å². The molecule has 2 rings (SSSR count). The second-order valence-electron chi connectivity index (χ2n) is 4.05. The molecule has 0 amide bonds. The lowest BCUT2D eigenvalue weighted by atomic mass is 10.3. The Morgan fingerprint density at radius 1 is 1.29 bits per heavy atom. The molecule has 0 aliphatic heterocycles. The van der Waals surface area contributed by atoms with Gasteiger partial charge in [-0.15, -0.1) is 0 Å². The van der Waals surface area contributed by atoms with Crippen molar-refractivity contribution in [2.75, 3.05) is 4.72 Å². The summed E-state index contributed by atoms with van der Waals surface area (Å²) in [7, 11) is -3.88. The highest BCUT2D eigenvalue weighted by molar-refractivity contribution is 9.10. The number of nitrogens with zero attached hydrogens (tertiary/aromatic N) is 3. The highest BCUT2D eigenvalue weighted by atomic mass is 79.9. The molecule has 0 fully saturated rings. The molecule has 110 valence electrons. The molecular weight excluding hydrogens is 364 g/mol. The molecule has 0 aliphatic rings. The van der Waals surface area contributed by atoms with Crippen LogP contribution >= 0.6 is 15.9 Å². The van der Waals surface area contributed by atoms with E-state index >= 15 is 0 Å². The largest absolute Gasteiger partial charge is 0.363 e. The second-order valence-corrected chi connectivity index (χ2v) is 6.48. The van der Waals surface area contributed by atoms with Crippen LogP contribution in [0.3, 0.4) is 0 Å². The van der Waals surface area contributed by atoms with Crippen molar-refractivity contribution in [3.63, 3.8) is 0 Å². The van der Waals surface area contributed by atoms with Gasteiger partial charge >= 0.3 is 5.82 Å². The zero-order valence-electron chi connectivity index (χ0n) is 10.6. The molecule has 2 aromatic rings. The molecule has 0 unspecified atom stereocenters. The maximum absolute atomic E-state index is 12.1. The Morgan fingerprint density at radius 2 is 2.00 bits per heavy atom. The monoisotopic (exact) mass is 372 g/mol. The number of rotatable bonds is 4. The second kappa shape index (κ2) is 5.74. The molecule has 1 N–H and O–H groups in total. The van der Waals surface area contributed by atoms with Crippen molar-refractivity contribution in [3.8, 4) is 0 Å². The van der Waals surface area contributed by atoms with E-state index in [2.05, 4.69) is 30.6 Å². The van der Waals surface area contributed by atoms with Gasteiger partial charge in [-0.3, -0.25) is 4.72 Å². The lowest BCUT2D eigenvalue weighted by Crippen LogP contribution is -2.13. The van der Waals surface area contributed by atoms with E-state index in [4.69, 9.17) is 0 Å². The molecule has 0 atom stereocenters. The van der Waals surface area contributed by atoms with Crippen molar-refractivity contribution in [1.82, 2.24) is 9.97 Å². The predicted molar refractivity (Wildman–Crippen MR) is 78.4 cm³/mol. The van der Waals surface area contributed by atoms with Gasteiger partial charge in [-0.1, -0.05) is 0 Å². The fourth-order valence-corrected chi connectivity index (χ4v) is 2.66. The molecule has 0 bridgehead atoms. The van der Waals surface area contributed by atoms with Crippen LogP contribution < -0.4 is 4.72 Å². The summed E-state index contributed by atoms with van der Waals surface area (Å²) in [4.78, 5) is 17.1. The normalized spacial score (nSPS) is 11.1. The van der Waals surface area contributed by atoms with Gasteiger partial charge in [0.1, 0.15) is 9.50 Å². The van der Waals surface area contributed by atoms with Gasteiger partial charge in [0, 0.05) is 6.07 Å². The van der Waals surface area contributed by atoms with Crippen LogP contribution in [0.25, 0.3) is 0 Å². The summed E-state index contributed by atoms with van der Waals surface area (Å²) in [5.41, 5.74) is 1.05. The Labute approximate surface area is 128 Å². The number of nitro groups is 1. The summed E-state index contributed by atoms with van der Waals surface area (Å²) in [6, 6.07) is 3.75. The van der Waals surface area contributed by atoms with E-state index in [1.807, 2.05) is 0 Å². The maximum Gasteiger partial charge on any atom is 0.363 e. The van der Waals surface area contributed by atoms with Crippen molar-refractivity contribution in [2.45, 2.75) is 11.8 Å². The van der Waals surface area contributed by atoms with Gasteiger partial charge in [-0.25, -0.2) is 13.4 Å². The number of hydrogen-bond donors (Lipinski definition) is 1. The summed E-state index contributed by atoms with van der Waals surface area (Å²) >= 11 is 3.21. The average molecular weight is 373 g/mol. The third-order valence-electron chi connectivity index (χ3n) is 2.48.